The van der Waals surface area contributed by atoms with E-state index in [1.54, 1.807) is 17.0 Å². The molecule has 0 aromatic heterocycles. The van der Waals surface area contributed by atoms with E-state index in [1.807, 2.05) is 0 Å². The first-order chi connectivity index (χ1) is 12.8. The summed E-state index contributed by atoms with van der Waals surface area (Å²) in [5.74, 6) is 0.0585. The van der Waals surface area contributed by atoms with E-state index >= 15 is 0 Å². The van der Waals surface area contributed by atoms with Gasteiger partial charge in [0.2, 0.25) is 15.9 Å². The third-order valence-electron chi connectivity index (χ3n) is 4.39. The summed E-state index contributed by atoms with van der Waals surface area (Å²) in [6.45, 7) is 0.974. The Labute approximate surface area is 168 Å². The van der Waals surface area contributed by atoms with Gasteiger partial charge in [0.15, 0.2) is 0 Å². The second-order valence-corrected chi connectivity index (χ2v) is 8.95. The van der Waals surface area contributed by atoms with Crippen molar-refractivity contribution >= 4 is 39.1 Å². The van der Waals surface area contributed by atoms with E-state index in [0.29, 0.717) is 18.1 Å². The highest BCUT2D eigenvalue weighted by Crippen LogP contribution is 2.28. The molecule has 144 valence electrons. The summed E-state index contributed by atoms with van der Waals surface area (Å²) >= 11 is 11.9. The van der Waals surface area contributed by atoms with Gasteiger partial charge in [0, 0.05) is 31.2 Å². The average molecular weight is 429 g/mol. The van der Waals surface area contributed by atoms with Crippen LogP contribution in [0, 0.1) is 0 Å². The van der Waals surface area contributed by atoms with Crippen LogP contribution in [-0.2, 0) is 21.2 Å². The molecule has 2 aromatic rings. The molecule has 0 spiro atoms. The van der Waals surface area contributed by atoms with Crippen LogP contribution in [-0.4, -0.2) is 54.8 Å². The minimum Gasteiger partial charge on any atom is -0.508 e. The number of nitrogens with zero attached hydrogens (tertiary/aromatic N) is 2. The van der Waals surface area contributed by atoms with Crippen LogP contribution in [0.3, 0.4) is 0 Å². The van der Waals surface area contributed by atoms with Crippen molar-refractivity contribution in [3.8, 4) is 5.75 Å². The number of phenols is 1. The number of aromatic hydroxyl groups is 1. The van der Waals surface area contributed by atoms with Gasteiger partial charge in [-0.3, -0.25) is 4.79 Å². The molecule has 0 bridgehead atoms. The van der Waals surface area contributed by atoms with Crippen LogP contribution in [0.5, 0.6) is 5.75 Å². The van der Waals surface area contributed by atoms with Crippen LogP contribution in [0.4, 0.5) is 0 Å². The molecule has 6 nitrogen and oxygen atoms in total. The lowest BCUT2D eigenvalue weighted by molar-refractivity contribution is -0.131. The number of hydrogen-bond acceptors (Lipinski definition) is 4. The van der Waals surface area contributed by atoms with Crippen LogP contribution >= 0.6 is 23.2 Å². The second-order valence-electron chi connectivity index (χ2n) is 6.20. The van der Waals surface area contributed by atoms with Gasteiger partial charge in [0.25, 0.3) is 0 Å². The van der Waals surface area contributed by atoms with Gasteiger partial charge in [-0.2, -0.15) is 4.31 Å². The van der Waals surface area contributed by atoms with Crippen molar-refractivity contribution < 1.29 is 18.3 Å². The third kappa shape index (κ3) is 4.55. The smallest absolute Gasteiger partial charge is 0.244 e. The summed E-state index contributed by atoms with van der Waals surface area (Å²) in [4.78, 5) is 14.0. The first kappa shape index (κ1) is 19.9. The van der Waals surface area contributed by atoms with Gasteiger partial charge < -0.3 is 10.0 Å². The Balaban J connectivity index is 1.65. The van der Waals surface area contributed by atoms with Crippen molar-refractivity contribution in [3.63, 3.8) is 0 Å². The molecule has 1 heterocycles. The van der Waals surface area contributed by atoms with Crippen LogP contribution in [0.2, 0.25) is 10.0 Å². The molecule has 1 fully saturated rings. The summed E-state index contributed by atoms with van der Waals surface area (Å²) in [5.41, 5.74) is 0.790. The monoisotopic (exact) mass is 428 g/mol. The summed E-state index contributed by atoms with van der Waals surface area (Å²) in [7, 11) is -3.78. The second kappa shape index (κ2) is 8.06. The molecule has 3 rings (SSSR count). The number of carbonyl (C=O) groups excluding carboxylic acids is 1. The number of amides is 1. The standard InChI is InChI=1S/C18H18Cl2N2O4S/c19-14-3-6-16(20)17(12-14)27(25,26)22-9-7-21(8-10-22)18(24)11-13-1-4-15(23)5-2-13/h1-6,12,23H,7-11H2. The summed E-state index contributed by atoms with van der Waals surface area (Å²) in [6, 6.07) is 10.8. The minimum atomic E-state index is -3.78. The first-order valence-corrected chi connectivity index (χ1v) is 10.5. The number of rotatable bonds is 4. The Hall–Kier alpha value is -1.80. The third-order valence-corrected chi connectivity index (χ3v) is 7.01. The van der Waals surface area contributed by atoms with Crippen LogP contribution in [0.25, 0.3) is 0 Å². The highest BCUT2D eigenvalue weighted by atomic mass is 35.5. The SMILES string of the molecule is O=C(Cc1ccc(O)cc1)N1CCN(S(=O)(=O)c2cc(Cl)ccc2Cl)CC1. The Bertz CT molecular complexity index is 940. The van der Waals surface area contributed by atoms with Crippen molar-refractivity contribution in [1.29, 1.82) is 0 Å². The molecule has 9 heteroatoms. The Morgan fingerprint density at radius 1 is 1.00 bits per heavy atom. The average Bonchev–Trinajstić information content (AvgIpc) is 2.65. The molecular formula is C18H18Cl2N2O4S. The molecule has 0 unspecified atom stereocenters. The summed E-state index contributed by atoms with van der Waals surface area (Å²) in [6.07, 6.45) is 0.202. The zero-order valence-electron chi connectivity index (χ0n) is 14.3. The van der Waals surface area contributed by atoms with Crippen LogP contribution < -0.4 is 0 Å². The quantitative estimate of drug-likeness (QED) is 0.811. The fourth-order valence-electron chi connectivity index (χ4n) is 2.89. The molecule has 1 amide bonds. The van der Waals surface area contributed by atoms with Gasteiger partial charge in [-0.05, 0) is 35.9 Å². The highest BCUT2D eigenvalue weighted by molar-refractivity contribution is 7.89. The number of piperazine rings is 1. The number of sulfonamides is 1. The molecule has 0 radical (unpaired) electrons. The van der Waals surface area contributed by atoms with Crippen molar-refractivity contribution in [1.82, 2.24) is 9.21 Å². The number of hydrogen-bond donors (Lipinski definition) is 1. The number of benzene rings is 2. The zero-order valence-corrected chi connectivity index (χ0v) is 16.6. The van der Waals surface area contributed by atoms with Gasteiger partial charge in [-0.25, -0.2) is 8.42 Å². The van der Waals surface area contributed by atoms with E-state index in [4.69, 9.17) is 23.2 Å². The van der Waals surface area contributed by atoms with E-state index < -0.39 is 10.0 Å². The largest absolute Gasteiger partial charge is 0.508 e. The van der Waals surface area contributed by atoms with Gasteiger partial charge in [-0.1, -0.05) is 35.3 Å². The van der Waals surface area contributed by atoms with Gasteiger partial charge in [0.05, 0.1) is 11.4 Å². The van der Waals surface area contributed by atoms with E-state index in [0.717, 1.165) is 5.56 Å². The lowest BCUT2D eigenvalue weighted by Crippen LogP contribution is -2.50. The van der Waals surface area contributed by atoms with Crippen LogP contribution in [0.15, 0.2) is 47.4 Å². The van der Waals surface area contributed by atoms with Crippen molar-refractivity contribution in [3.05, 3.63) is 58.1 Å². The molecule has 1 aliphatic rings. The van der Waals surface area contributed by atoms with E-state index in [-0.39, 0.29) is 41.1 Å². The number of phenolic OH excluding ortho intramolecular Hbond substituents is 1. The fraction of sp³-hybridized carbons (Fsp3) is 0.278. The molecule has 1 N–H and O–H groups in total. The molecule has 0 atom stereocenters. The van der Waals surface area contributed by atoms with Crippen molar-refractivity contribution in [2.24, 2.45) is 0 Å². The van der Waals surface area contributed by atoms with E-state index in [9.17, 15) is 18.3 Å². The Morgan fingerprint density at radius 2 is 1.63 bits per heavy atom. The van der Waals surface area contributed by atoms with Gasteiger partial charge >= 0.3 is 0 Å². The van der Waals surface area contributed by atoms with Crippen molar-refractivity contribution in [2.75, 3.05) is 26.2 Å². The Morgan fingerprint density at radius 3 is 2.26 bits per heavy atom. The predicted molar refractivity (Wildman–Crippen MR) is 104 cm³/mol. The fourth-order valence-corrected chi connectivity index (χ4v) is 5.05. The molecule has 0 saturated carbocycles. The van der Waals surface area contributed by atoms with Crippen molar-refractivity contribution in [2.45, 2.75) is 11.3 Å². The van der Waals surface area contributed by atoms with Crippen LogP contribution in [0.1, 0.15) is 5.56 Å². The molecule has 27 heavy (non-hydrogen) atoms. The maximum Gasteiger partial charge on any atom is 0.244 e. The minimum absolute atomic E-state index is 0.0273. The molecule has 1 saturated heterocycles. The zero-order chi connectivity index (χ0) is 19.6. The molecular weight excluding hydrogens is 411 g/mol. The summed E-state index contributed by atoms with van der Waals surface area (Å²) in [5, 5.41) is 9.71. The normalized spacial score (nSPS) is 15.7. The maximum absolute atomic E-state index is 12.8. The highest BCUT2D eigenvalue weighted by Gasteiger charge is 2.31. The Kier molecular flexibility index (Phi) is 5.95. The van der Waals surface area contributed by atoms with E-state index in [2.05, 4.69) is 0 Å². The van der Waals surface area contributed by atoms with E-state index in [1.165, 1.54) is 34.6 Å². The maximum atomic E-state index is 12.8. The van der Waals surface area contributed by atoms with Gasteiger partial charge in [-0.15, -0.1) is 0 Å². The lowest BCUT2D eigenvalue weighted by atomic mass is 10.1. The first-order valence-electron chi connectivity index (χ1n) is 8.28. The summed E-state index contributed by atoms with van der Waals surface area (Å²) < 4.78 is 26.9. The lowest BCUT2D eigenvalue weighted by Gasteiger charge is -2.34. The topological polar surface area (TPSA) is 77.9 Å². The number of halogens is 2. The predicted octanol–water partition coefficient (Wildman–Crippen LogP) is 2.77. The molecule has 1 aliphatic heterocycles. The molecule has 0 aliphatic carbocycles. The molecule has 2 aromatic carbocycles. The van der Waals surface area contributed by atoms with Gasteiger partial charge in [0.1, 0.15) is 10.6 Å². The number of carbonyl (C=O) groups is 1.